The van der Waals surface area contributed by atoms with Crippen molar-refractivity contribution in [1.29, 1.82) is 0 Å². The maximum Gasteiger partial charge on any atom is 0.410 e. The highest BCUT2D eigenvalue weighted by atomic mass is 16.6. The maximum absolute atomic E-state index is 12.5. The summed E-state index contributed by atoms with van der Waals surface area (Å²) in [6.45, 7) is 8.21. The van der Waals surface area contributed by atoms with E-state index in [4.69, 9.17) is 4.74 Å². The van der Waals surface area contributed by atoms with Gasteiger partial charge in [-0.05, 0) is 33.6 Å². The van der Waals surface area contributed by atoms with Gasteiger partial charge in [0.1, 0.15) is 5.60 Å². The van der Waals surface area contributed by atoms with E-state index in [0.29, 0.717) is 45.7 Å². The zero-order valence-electron chi connectivity index (χ0n) is 15.2. The van der Waals surface area contributed by atoms with Gasteiger partial charge in [0.25, 0.3) is 0 Å². The van der Waals surface area contributed by atoms with Crippen molar-refractivity contribution in [3.05, 3.63) is 12.2 Å². The molecule has 2 heterocycles. The zero-order valence-corrected chi connectivity index (χ0v) is 15.2. The molecule has 0 spiro atoms. The summed E-state index contributed by atoms with van der Waals surface area (Å²) in [6.07, 6.45) is 5.01. The van der Waals surface area contributed by atoms with Gasteiger partial charge in [-0.3, -0.25) is 19.4 Å². The van der Waals surface area contributed by atoms with E-state index in [9.17, 15) is 14.4 Å². The smallest absolute Gasteiger partial charge is 0.410 e. The molecule has 0 N–H and O–H groups in total. The van der Waals surface area contributed by atoms with Crippen LogP contribution < -0.4 is 0 Å². The van der Waals surface area contributed by atoms with Gasteiger partial charge >= 0.3 is 6.09 Å². The molecule has 0 bridgehead atoms. The summed E-state index contributed by atoms with van der Waals surface area (Å²) in [5.74, 6) is -0.455. The summed E-state index contributed by atoms with van der Waals surface area (Å²) < 4.78 is 5.39. The van der Waals surface area contributed by atoms with Gasteiger partial charge in [0, 0.05) is 26.2 Å². The third-order valence-corrected chi connectivity index (χ3v) is 4.96. The van der Waals surface area contributed by atoms with E-state index in [1.165, 1.54) is 4.90 Å². The topological polar surface area (TPSA) is 70.2 Å². The van der Waals surface area contributed by atoms with E-state index in [2.05, 4.69) is 4.90 Å². The van der Waals surface area contributed by atoms with E-state index in [1.807, 2.05) is 32.9 Å². The molecule has 3 aliphatic rings. The summed E-state index contributed by atoms with van der Waals surface area (Å²) >= 11 is 0. The van der Waals surface area contributed by atoms with Crippen LogP contribution in [0.25, 0.3) is 0 Å². The number of hydrogen-bond acceptors (Lipinski definition) is 5. The molecule has 2 saturated heterocycles. The Labute approximate surface area is 148 Å². The standard InChI is InChI=1S/C18H27N3O4/c1-18(2,3)25-17(24)20-10-8-19(9-11-20)12-21-15(22)13-6-4-5-7-14(13)16(21)23/h4-5,13-14H,6-12H2,1-3H3/t13-,14-/m0/s1. The fraction of sp³-hybridized carbons (Fsp3) is 0.722. The van der Waals surface area contributed by atoms with Crippen LogP contribution >= 0.6 is 0 Å². The number of imide groups is 1. The van der Waals surface area contributed by atoms with E-state index in [-0.39, 0.29) is 29.7 Å². The Balaban J connectivity index is 1.52. The van der Waals surface area contributed by atoms with Crippen LogP contribution in [-0.4, -0.2) is 71.1 Å². The number of allylic oxidation sites excluding steroid dienone is 2. The van der Waals surface area contributed by atoms with Crippen molar-refractivity contribution in [1.82, 2.24) is 14.7 Å². The number of amides is 3. The average molecular weight is 349 g/mol. The van der Waals surface area contributed by atoms with Gasteiger partial charge in [-0.1, -0.05) is 12.2 Å². The highest BCUT2D eigenvalue weighted by Crippen LogP contribution is 2.35. The van der Waals surface area contributed by atoms with Crippen LogP contribution in [0.5, 0.6) is 0 Å². The Morgan fingerprint density at radius 1 is 1.04 bits per heavy atom. The number of hydrogen-bond donors (Lipinski definition) is 0. The minimum atomic E-state index is -0.507. The second kappa shape index (κ2) is 6.78. The molecule has 2 aliphatic heterocycles. The average Bonchev–Trinajstić information content (AvgIpc) is 2.79. The van der Waals surface area contributed by atoms with Gasteiger partial charge in [-0.15, -0.1) is 0 Å². The normalized spacial score (nSPS) is 27.6. The van der Waals surface area contributed by atoms with Crippen molar-refractivity contribution in [3.63, 3.8) is 0 Å². The summed E-state index contributed by atoms with van der Waals surface area (Å²) in [4.78, 5) is 42.3. The highest BCUT2D eigenvalue weighted by Gasteiger charge is 2.47. The van der Waals surface area contributed by atoms with Crippen LogP contribution in [0.4, 0.5) is 4.79 Å². The Bertz CT molecular complexity index is 562. The lowest BCUT2D eigenvalue weighted by atomic mass is 9.85. The van der Waals surface area contributed by atoms with Crippen LogP contribution in [0.15, 0.2) is 12.2 Å². The Hall–Kier alpha value is -1.89. The van der Waals surface area contributed by atoms with Gasteiger partial charge in [0.15, 0.2) is 0 Å². The first kappa shape index (κ1) is 17.9. The summed E-state index contributed by atoms with van der Waals surface area (Å²) in [5.41, 5.74) is -0.507. The fourth-order valence-corrected chi connectivity index (χ4v) is 3.61. The first-order valence-corrected chi connectivity index (χ1v) is 8.97. The number of carbonyl (C=O) groups is 3. The van der Waals surface area contributed by atoms with E-state index in [1.54, 1.807) is 4.90 Å². The second-order valence-electron chi connectivity index (χ2n) is 7.99. The molecule has 2 fully saturated rings. The zero-order chi connectivity index (χ0) is 18.2. The Morgan fingerprint density at radius 3 is 2.04 bits per heavy atom. The number of piperazine rings is 1. The molecule has 1 aliphatic carbocycles. The quantitative estimate of drug-likeness (QED) is 0.557. The maximum atomic E-state index is 12.5. The van der Waals surface area contributed by atoms with E-state index >= 15 is 0 Å². The van der Waals surface area contributed by atoms with Gasteiger partial charge in [-0.2, -0.15) is 0 Å². The van der Waals surface area contributed by atoms with Gasteiger partial charge < -0.3 is 9.64 Å². The molecule has 0 saturated carbocycles. The first-order chi connectivity index (χ1) is 11.8. The number of rotatable bonds is 2. The lowest BCUT2D eigenvalue weighted by Crippen LogP contribution is -2.53. The molecule has 2 atom stereocenters. The number of ether oxygens (including phenoxy) is 1. The number of fused-ring (bicyclic) bond motifs is 1. The minimum Gasteiger partial charge on any atom is -0.444 e. The summed E-state index contributed by atoms with van der Waals surface area (Å²) in [7, 11) is 0. The molecule has 0 aromatic rings. The third-order valence-electron chi connectivity index (χ3n) is 4.96. The molecule has 0 radical (unpaired) electrons. The molecule has 3 amide bonds. The van der Waals surface area contributed by atoms with Crippen molar-refractivity contribution in [3.8, 4) is 0 Å². The highest BCUT2D eigenvalue weighted by molar-refractivity contribution is 6.05. The molecule has 138 valence electrons. The van der Waals surface area contributed by atoms with Crippen LogP contribution in [0, 0.1) is 11.8 Å². The molecule has 0 aromatic heterocycles. The predicted molar refractivity (Wildman–Crippen MR) is 91.5 cm³/mol. The number of carbonyl (C=O) groups excluding carboxylic acids is 3. The van der Waals surface area contributed by atoms with Crippen molar-refractivity contribution >= 4 is 17.9 Å². The molecule has 3 rings (SSSR count). The molecule has 25 heavy (non-hydrogen) atoms. The molecule has 0 aromatic carbocycles. The predicted octanol–water partition coefficient (Wildman–Crippen LogP) is 1.45. The number of nitrogens with zero attached hydrogens (tertiary/aromatic N) is 3. The van der Waals surface area contributed by atoms with E-state index < -0.39 is 5.60 Å². The summed E-state index contributed by atoms with van der Waals surface area (Å²) in [5, 5.41) is 0. The lowest BCUT2D eigenvalue weighted by Gasteiger charge is -2.36. The first-order valence-electron chi connectivity index (χ1n) is 8.97. The summed E-state index contributed by atoms with van der Waals surface area (Å²) in [6, 6.07) is 0. The third kappa shape index (κ3) is 3.86. The largest absolute Gasteiger partial charge is 0.444 e. The molecule has 7 nitrogen and oxygen atoms in total. The van der Waals surface area contributed by atoms with Gasteiger partial charge in [0.05, 0.1) is 18.5 Å². The fourth-order valence-electron chi connectivity index (χ4n) is 3.61. The van der Waals surface area contributed by atoms with Crippen LogP contribution in [0.2, 0.25) is 0 Å². The lowest BCUT2D eigenvalue weighted by molar-refractivity contribution is -0.142. The molecular formula is C18H27N3O4. The van der Waals surface area contributed by atoms with Crippen molar-refractivity contribution in [2.24, 2.45) is 11.8 Å². The van der Waals surface area contributed by atoms with Gasteiger partial charge in [-0.25, -0.2) is 4.79 Å². The van der Waals surface area contributed by atoms with Crippen molar-refractivity contribution < 1.29 is 19.1 Å². The minimum absolute atomic E-state index is 0.0473. The van der Waals surface area contributed by atoms with Gasteiger partial charge in [0.2, 0.25) is 11.8 Å². The van der Waals surface area contributed by atoms with Crippen molar-refractivity contribution in [2.75, 3.05) is 32.8 Å². The Kier molecular flexibility index (Phi) is 4.86. The van der Waals surface area contributed by atoms with Crippen LogP contribution in [0.3, 0.4) is 0 Å². The number of likely N-dealkylation sites (tertiary alicyclic amines) is 1. The van der Waals surface area contributed by atoms with Crippen LogP contribution in [0.1, 0.15) is 33.6 Å². The molecule has 0 unspecified atom stereocenters. The monoisotopic (exact) mass is 349 g/mol. The molecule has 7 heteroatoms. The molecular weight excluding hydrogens is 322 g/mol. The van der Waals surface area contributed by atoms with E-state index in [0.717, 1.165) is 0 Å². The second-order valence-corrected chi connectivity index (χ2v) is 7.99. The SMILES string of the molecule is CC(C)(C)OC(=O)N1CCN(CN2C(=O)[C@H]3CC=CC[C@@H]3C2=O)CC1. The van der Waals surface area contributed by atoms with Crippen LogP contribution in [-0.2, 0) is 14.3 Å². The Morgan fingerprint density at radius 2 is 1.56 bits per heavy atom. The van der Waals surface area contributed by atoms with Crippen molar-refractivity contribution in [2.45, 2.75) is 39.2 Å².